The molecule has 0 radical (unpaired) electrons. The van der Waals surface area contributed by atoms with E-state index in [1.807, 2.05) is 6.92 Å². The number of aromatic nitrogens is 2. The fourth-order valence-corrected chi connectivity index (χ4v) is 6.28. The Morgan fingerprint density at radius 3 is 2.65 bits per heavy atom. The molecular formula is C21H25F6N3O3S. The zero-order chi connectivity index (χ0) is 24.9. The number of aliphatic hydroxyl groups excluding tert-OH is 2. The molecular weight excluding hydrogens is 488 g/mol. The lowest BCUT2D eigenvalue weighted by atomic mass is 9.81. The van der Waals surface area contributed by atoms with Gasteiger partial charge in [0.15, 0.2) is 6.10 Å². The van der Waals surface area contributed by atoms with E-state index >= 15 is 0 Å². The van der Waals surface area contributed by atoms with Gasteiger partial charge in [-0.3, -0.25) is 9.58 Å². The van der Waals surface area contributed by atoms with Crippen molar-refractivity contribution in [3.05, 3.63) is 38.8 Å². The highest BCUT2D eigenvalue weighted by molar-refractivity contribution is 7.12. The van der Waals surface area contributed by atoms with Crippen LogP contribution in [0.3, 0.4) is 0 Å². The zero-order valence-electron chi connectivity index (χ0n) is 18.3. The number of aliphatic hydroxyl groups is 2. The molecule has 2 aromatic heterocycles. The summed E-state index contributed by atoms with van der Waals surface area (Å²) in [5.41, 5.74) is 0.290. The number of thiophene rings is 1. The van der Waals surface area contributed by atoms with E-state index in [0.717, 1.165) is 4.68 Å². The van der Waals surface area contributed by atoms with Gasteiger partial charge in [-0.2, -0.15) is 31.4 Å². The van der Waals surface area contributed by atoms with E-state index in [4.69, 9.17) is 4.74 Å². The van der Waals surface area contributed by atoms with Gasteiger partial charge in [0.25, 0.3) is 0 Å². The number of fused-ring (bicyclic) bond motifs is 2. The van der Waals surface area contributed by atoms with Crippen LogP contribution in [-0.2, 0) is 42.6 Å². The quantitative estimate of drug-likeness (QED) is 0.595. The standard InChI is InChI=1S/C21H25F6N3O3S/c1-12-6-19(17-14(2-5-33-19)15(11-31)18(34-17)21(25,26)27)3-4-29(12)8-13-7-28-30(9-13)10-16(32)20(22,23)24/h7,9,12,16,31-32H,2-6,8,10-11H2,1H3/t12-,16?,19+/m0/s1. The van der Waals surface area contributed by atoms with Crippen LogP contribution < -0.4 is 0 Å². The van der Waals surface area contributed by atoms with Gasteiger partial charge < -0.3 is 14.9 Å². The molecule has 0 saturated carbocycles. The van der Waals surface area contributed by atoms with Crippen molar-refractivity contribution in [2.75, 3.05) is 13.2 Å². The van der Waals surface area contributed by atoms with Gasteiger partial charge in [-0.1, -0.05) is 0 Å². The first-order chi connectivity index (χ1) is 15.8. The Morgan fingerprint density at radius 1 is 1.29 bits per heavy atom. The van der Waals surface area contributed by atoms with Gasteiger partial charge in [-0.25, -0.2) is 0 Å². The minimum atomic E-state index is -4.73. The molecule has 2 aromatic rings. The number of halogens is 6. The van der Waals surface area contributed by atoms with Gasteiger partial charge in [0.1, 0.15) is 10.5 Å². The predicted octanol–water partition coefficient (Wildman–Crippen LogP) is 3.83. The SMILES string of the molecule is C[C@H]1C[C@@]2(CCN1Cc1cnn(CC(O)C(F)(F)F)c1)OCCc1c2sc(C(F)(F)F)c1CO. The summed E-state index contributed by atoms with van der Waals surface area (Å²) >= 11 is 0.660. The summed E-state index contributed by atoms with van der Waals surface area (Å²) in [6.45, 7) is 1.73. The Kier molecular flexibility index (Phi) is 6.79. The lowest BCUT2D eigenvalue weighted by Crippen LogP contribution is -2.50. The molecule has 13 heteroatoms. The Bertz CT molecular complexity index is 1020. The minimum absolute atomic E-state index is 0.0567. The number of piperidine rings is 1. The second-order valence-corrected chi connectivity index (χ2v) is 9.89. The van der Waals surface area contributed by atoms with E-state index < -0.39 is 42.1 Å². The van der Waals surface area contributed by atoms with Crippen molar-refractivity contribution >= 4 is 11.3 Å². The van der Waals surface area contributed by atoms with Crippen LogP contribution >= 0.6 is 11.3 Å². The molecule has 2 aliphatic heterocycles. The maximum Gasteiger partial charge on any atom is 0.425 e. The maximum absolute atomic E-state index is 13.6. The van der Waals surface area contributed by atoms with Gasteiger partial charge in [0.2, 0.25) is 0 Å². The third kappa shape index (κ3) is 4.85. The first-order valence-electron chi connectivity index (χ1n) is 10.8. The van der Waals surface area contributed by atoms with E-state index in [0.29, 0.717) is 59.7 Å². The van der Waals surface area contributed by atoms with E-state index in [-0.39, 0.29) is 18.2 Å². The first kappa shape index (κ1) is 25.4. The predicted molar refractivity (Wildman–Crippen MR) is 110 cm³/mol. The zero-order valence-corrected chi connectivity index (χ0v) is 19.1. The first-order valence-corrected chi connectivity index (χ1v) is 11.6. The molecule has 1 fully saturated rings. The smallest absolute Gasteiger partial charge is 0.392 e. The number of rotatable bonds is 5. The van der Waals surface area contributed by atoms with E-state index in [1.165, 1.54) is 12.4 Å². The molecule has 0 amide bonds. The van der Waals surface area contributed by atoms with Crippen LogP contribution in [0, 0.1) is 0 Å². The van der Waals surface area contributed by atoms with E-state index in [9.17, 15) is 36.6 Å². The summed E-state index contributed by atoms with van der Waals surface area (Å²) in [5.74, 6) is 0. The number of alkyl halides is 6. The summed E-state index contributed by atoms with van der Waals surface area (Å²) in [6.07, 6.45) is -7.68. The lowest BCUT2D eigenvalue weighted by Gasteiger charge is -2.47. The summed E-state index contributed by atoms with van der Waals surface area (Å²) in [6, 6.07) is -0.0853. The molecule has 0 aliphatic carbocycles. The molecule has 1 saturated heterocycles. The third-order valence-electron chi connectivity index (χ3n) is 6.54. The molecule has 190 valence electrons. The normalized spacial score (nSPS) is 25.0. The molecule has 0 bridgehead atoms. The molecule has 34 heavy (non-hydrogen) atoms. The lowest BCUT2D eigenvalue weighted by molar-refractivity contribution is -0.208. The molecule has 1 spiro atoms. The van der Waals surface area contributed by atoms with Crippen molar-refractivity contribution in [1.82, 2.24) is 14.7 Å². The fourth-order valence-electron chi connectivity index (χ4n) is 4.87. The van der Waals surface area contributed by atoms with Crippen LogP contribution in [0.15, 0.2) is 12.4 Å². The van der Waals surface area contributed by atoms with Crippen molar-refractivity contribution < 1.29 is 41.3 Å². The number of likely N-dealkylation sites (tertiary alicyclic amines) is 1. The van der Waals surface area contributed by atoms with E-state index in [2.05, 4.69) is 10.00 Å². The Morgan fingerprint density at radius 2 is 2.03 bits per heavy atom. The van der Waals surface area contributed by atoms with Crippen LogP contribution in [0.4, 0.5) is 26.3 Å². The summed E-state index contributed by atoms with van der Waals surface area (Å²) in [7, 11) is 0. The summed E-state index contributed by atoms with van der Waals surface area (Å²) < 4.78 is 85.6. The monoisotopic (exact) mass is 513 g/mol. The Labute approximate surface area is 195 Å². The number of hydrogen-bond acceptors (Lipinski definition) is 6. The van der Waals surface area contributed by atoms with Crippen molar-refractivity contribution in [3.63, 3.8) is 0 Å². The third-order valence-corrected chi connectivity index (χ3v) is 8.04. The Hall–Kier alpha value is -1.67. The van der Waals surface area contributed by atoms with Crippen LogP contribution in [0.2, 0.25) is 0 Å². The van der Waals surface area contributed by atoms with Gasteiger partial charge in [-0.05, 0) is 31.7 Å². The van der Waals surface area contributed by atoms with Crippen LogP contribution in [-0.4, -0.2) is 56.4 Å². The van der Waals surface area contributed by atoms with Gasteiger partial charge >= 0.3 is 12.4 Å². The largest absolute Gasteiger partial charge is 0.425 e. The van der Waals surface area contributed by atoms with Gasteiger partial charge in [0, 0.05) is 41.3 Å². The molecule has 1 unspecified atom stereocenters. The topological polar surface area (TPSA) is 70.8 Å². The summed E-state index contributed by atoms with van der Waals surface area (Å²) in [4.78, 5) is 1.85. The summed E-state index contributed by atoms with van der Waals surface area (Å²) in [5, 5.41) is 22.8. The van der Waals surface area contributed by atoms with Crippen molar-refractivity contribution in [2.45, 2.75) is 76.0 Å². The molecule has 6 nitrogen and oxygen atoms in total. The van der Waals surface area contributed by atoms with Crippen LogP contribution in [0.1, 0.15) is 46.2 Å². The minimum Gasteiger partial charge on any atom is -0.392 e. The van der Waals surface area contributed by atoms with Crippen molar-refractivity contribution in [2.24, 2.45) is 0 Å². The van der Waals surface area contributed by atoms with Gasteiger partial charge in [0.05, 0.1) is 26.0 Å². The van der Waals surface area contributed by atoms with E-state index in [1.54, 1.807) is 0 Å². The average Bonchev–Trinajstić information content (AvgIpc) is 3.34. The molecule has 2 aliphatic rings. The molecule has 4 rings (SSSR count). The number of nitrogens with zero attached hydrogens (tertiary/aromatic N) is 3. The molecule has 3 atom stereocenters. The van der Waals surface area contributed by atoms with Crippen molar-refractivity contribution in [1.29, 1.82) is 0 Å². The van der Waals surface area contributed by atoms with Crippen LogP contribution in [0.25, 0.3) is 0 Å². The highest BCUT2D eigenvalue weighted by Gasteiger charge is 2.48. The second-order valence-electron chi connectivity index (χ2n) is 8.87. The molecule has 4 heterocycles. The number of ether oxygens (including phenoxy) is 1. The highest BCUT2D eigenvalue weighted by atomic mass is 32.1. The van der Waals surface area contributed by atoms with Crippen LogP contribution in [0.5, 0.6) is 0 Å². The Balaban J connectivity index is 1.48. The highest BCUT2D eigenvalue weighted by Crippen LogP contribution is 2.51. The van der Waals surface area contributed by atoms with Crippen molar-refractivity contribution in [3.8, 4) is 0 Å². The number of hydrogen-bond donors (Lipinski definition) is 2. The fraction of sp³-hybridized carbons (Fsp3) is 0.667. The maximum atomic E-state index is 13.6. The van der Waals surface area contributed by atoms with Gasteiger partial charge in [-0.15, -0.1) is 11.3 Å². The average molecular weight is 514 g/mol. The molecule has 0 aromatic carbocycles. The molecule has 2 N–H and O–H groups in total. The second kappa shape index (κ2) is 9.08.